The van der Waals surface area contributed by atoms with Crippen molar-refractivity contribution >= 4 is 5.88 Å². The monoisotopic (exact) mass is 192 g/mol. The lowest BCUT2D eigenvalue weighted by atomic mass is 10.1. The van der Waals surface area contributed by atoms with Gasteiger partial charge in [0, 0.05) is 5.56 Å². The van der Waals surface area contributed by atoms with Gasteiger partial charge in [0.15, 0.2) is 0 Å². The van der Waals surface area contributed by atoms with E-state index in [4.69, 9.17) is 5.73 Å². The molecule has 0 aliphatic carbocycles. The Hall–Kier alpha value is -2.17. The summed E-state index contributed by atoms with van der Waals surface area (Å²) in [6.07, 6.45) is 1.38. The minimum absolute atomic E-state index is 0.0118. The number of phenolic OH excluding ortho intramolecular Hbond substituents is 2. The molecule has 72 valence electrons. The lowest BCUT2D eigenvalue weighted by Crippen LogP contribution is -1.85. The summed E-state index contributed by atoms with van der Waals surface area (Å²) in [5.41, 5.74) is 6.32. The number of rotatable bonds is 1. The number of nitrogens with two attached hydrogens (primary N) is 1. The van der Waals surface area contributed by atoms with Gasteiger partial charge in [-0.3, -0.25) is 0 Å². The molecule has 1 heterocycles. The highest BCUT2D eigenvalue weighted by molar-refractivity contribution is 5.77. The molecular formula is C9H8N2O3. The van der Waals surface area contributed by atoms with E-state index in [0.717, 1.165) is 0 Å². The van der Waals surface area contributed by atoms with E-state index in [1.165, 1.54) is 24.4 Å². The molecule has 2 aromatic rings. The summed E-state index contributed by atoms with van der Waals surface area (Å²) in [6.45, 7) is 0. The Labute approximate surface area is 79.4 Å². The van der Waals surface area contributed by atoms with E-state index in [-0.39, 0.29) is 17.4 Å². The van der Waals surface area contributed by atoms with E-state index in [2.05, 4.69) is 9.68 Å². The van der Waals surface area contributed by atoms with Crippen molar-refractivity contribution in [2.45, 2.75) is 0 Å². The van der Waals surface area contributed by atoms with Crippen LogP contribution in [0.3, 0.4) is 0 Å². The minimum atomic E-state index is 0.0118. The van der Waals surface area contributed by atoms with Crippen LogP contribution in [0.25, 0.3) is 11.1 Å². The second-order valence-corrected chi connectivity index (χ2v) is 2.81. The molecule has 0 bridgehead atoms. The summed E-state index contributed by atoms with van der Waals surface area (Å²) in [7, 11) is 0. The quantitative estimate of drug-likeness (QED) is 0.593. The lowest BCUT2D eigenvalue weighted by molar-refractivity contribution is 0.436. The van der Waals surface area contributed by atoms with Gasteiger partial charge in [0.05, 0.1) is 11.8 Å². The van der Waals surface area contributed by atoms with Crippen molar-refractivity contribution in [2.75, 3.05) is 5.73 Å². The first-order chi connectivity index (χ1) is 6.68. The molecule has 0 saturated heterocycles. The molecule has 0 fully saturated rings. The summed E-state index contributed by atoms with van der Waals surface area (Å²) in [4.78, 5) is 0. The van der Waals surface area contributed by atoms with Gasteiger partial charge in [-0.1, -0.05) is 5.16 Å². The Balaban J connectivity index is 2.62. The Morgan fingerprint density at radius 3 is 2.64 bits per heavy atom. The van der Waals surface area contributed by atoms with E-state index in [0.29, 0.717) is 11.1 Å². The molecule has 0 radical (unpaired) electrons. The first kappa shape index (κ1) is 8.43. The molecule has 5 heteroatoms. The third kappa shape index (κ3) is 1.24. The molecule has 0 spiro atoms. The van der Waals surface area contributed by atoms with Crippen molar-refractivity contribution < 1.29 is 14.7 Å². The smallest absolute Gasteiger partial charge is 0.230 e. The molecule has 0 aliphatic heterocycles. The van der Waals surface area contributed by atoms with Gasteiger partial charge in [-0.15, -0.1) is 0 Å². The van der Waals surface area contributed by atoms with E-state index in [1.807, 2.05) is 0 Å². The van der Waals surface area contributed by atoms with Crippen molar-refractivity contribution in [1.82, 2.24) is 5.16 Å². The van der Waals surface area contributed by atoms with Crippen LogP contribution in [0.15, 0.2) is 28.9 Å². The fourth-order valence-corrected chi connectivity index (χ4v) is 1.19. The summed E-state index contributed by atoms with van der Waals surface area (Å²) in [5, 5.41) is 22.2. The predicted molar refractivity (Wildman–Crippen MR) is 49.7 cm³/mol. The third-order valence-electron chi connectivity index (χ3n) is 1.87. The molecule has 5 nitrogen and oxygen atoms in total. The van der Waals surface area contributed by atoms with Crippen molar-refractivity contribution in [3.63, 3.8) is 0 Å². The van der Waals surface area contributed by atoms with Gasteiger partial charge >= 0.3 is 0 Å². The van der Waals surface area contributed by atoms with E-state index in [9.17, 15) is 10.2 Å². The molecule has 1 aromatic carbocycles. The Morgan fingerprint density at radius 2 is 2.00 bits per heavy atom. The van der Waals surface area contributed by atoms with Gasteiger partial charge in [-0.05, 0) is 18.2 Å². The van der Waals surface area contributed by atoms with Crippen molar-refractivity contribution in [3.8, 4) is 22.6 Å². The van der Waals surface area contributed by atoms with Crippen LogP contribution in [0.5, 0.6) is 11.5 Å². The average Bonchev–Trinajstić information content (AvgIpc) is 2.56. The summed E-state index contributed by atoms with van der Waals surface area (Å²) in [5.74, 6) is 0.155. The largest absolute Gasteiger partial charge is 0.508 e. The number of phenols is 2. The van der Waals surface area contributed by atoms with Crippen LogP contribution in [0.2, 0.25) is 0 Å². The Morgan fingerprint density at radius 1 is 1.21 bits per heavy atom. The van der Waals surface area contributed by atoms with Crippen molar-refractivity contribution in [3.05, 3.63) is 24.4 Å². The van der Waals surface area contributed by atoms with Crippen LogP contribution in [-0.2, 0) is 0 Å². The summed E-state index contributed by atoms with van der Waals surface area (Å²) >= 11 is 0. The molecule has 0 amide bonds. The summed E-state index contributed by atoms with van der Waals surface area (Å²) in [6, 6.07) is 4.14. The standard InChI is InChI=1S/C9H8N2O3/c10-9-7(4-11-14-9)6-3-5(12)1-2-8(6)13/h1-4,12-13H,10H2. The van der Waals surface area contributed by atoms with E-state index >= 15 is 0 Å². The molecule has 14 heavy (non-hydrogen) atoms. The maximum Gasteiger partial charge on any atom is 0.230 e. The third-order valence-corrected chi connectivity index (χ3v) is 1.87. The molecular weight excluding hydrogens is 184 g/mol. The van der Waals surface area contributed by atoms with Gasteiger partial charge in [0.1, 0.15) is 11.5 Å². The second kappa shape index (κ2) is 2.95. The molecule has 0 saturated carbocycles. The van der Waals surface area contributed by atoms with E-state index < -0.39 is 0 Å². The molecule has 4 N–H and O–H groups in total. The van der Waals surface area contributed by atoms with Crippen LogP contribution in [0, 0.1) is 0 Å². The number of benzene rings is 1. The van der Waals surface area contributed by atoms with Gasteiger partial charge in [-0.2, -0.15) is 0 Å². The average molecular weight is 192 g/mol. The number of aromatic nitrogens is 1. The van der Waals surface area contributed by atoms with Gasteiger partial charge in [0.2, 0.25) is 5.88 Å². The Kier molecular flexibility index (Phi) is 1.78. The number of nitrogen functional groups attached to an aromatic ring is 1. The molecule has 0 unspecified atom stereocenters. The number of hydrogen-bond donors (Lipinski definition) is 3. The molecule has 0 aliphatic rings. The maximum absolute atomic E-state index is 9.50. The fraction of sp³-hybridized carbons (Fsp3) is 0. The lowest BCUT2D eigenvalue weighted by Gasteiger charge is -2.02. The van der Waals surface area contributed by atoms with Crippen molar-refractivity contribution in [2.24, 2.45) is 0 Å². The Bertz CT molecular complexity index is 465. The van der Waals surface area contributed by atoms with Crippen LogP contribution in [0.1, 0.15) is 0 Å². The summed E-state index contributed by atoms with van der Waals surface area (Å²) < 4.78 is 4.65. The minimum Gasteiger partial charge on any atom is -0.508 e. The molecule has 1 aromatic heterocycles. The van der Waals surface area contributed by atoms with E-state index in [1.54, 1.807) is 0 Å². The topological polar surface area (TPSA) is 92.5 Å². The van der Waals surface area contributed by atoms with Crippen molar-refractivity contribution in [1.29, 1.82) is 0 Å². The zero-order valence-electron chi connectivity index (χ0n) is 7.14. The number of nitrogens with zero attached hydrogens (tertiary/aromatic N) is 1. The van der Waals surface area contributed by atoms with Crippen LogP contribution in [0.4, 0.5) is 5.88 Å². The normalized spacial score (nSPS) is 10.3. The zero-order chi connectivity index (χ0) is 10.1. The number of hydrogen-bond acceptors (Lipinski definition) is 5. The van der Waals surface area contributed by atoms with Crippen LogP contribution >= 0.6 is 0 Å². The highest BCUT2D eigenvalue weighted by atomic mass is 16.5. The van der Waals surface area contributed by atoms with Crippen LogP contribution < -0.4 is 5.73 Å². The molecule has 0 atom stereocenters. The number of aromatic hydroxyl groups is 2. The molecule has 2 rings (SSSR count). The second-order valence-electron chi connectivity index (χ2n) is 2.81. The highest BCUT2D eigenvalue weighted by Crippen LogP contribution is 2.35. The van der Waals surface area contributed by atoms with Gasteiger partial charge in [0.25, 0.3) is 0 Å². The van der Waals surface area contributed by atoms with Crippen LogP contribution in [-0.4, -0.2) is 15.4 Å². The first-order valence-electron chi connectivity index (χ1n) is 3.91. The highest BCUT2D eigenvalue weighted by Gasteiger charge is 2.11. The SMILES string of the molecule is Nc1oncc1-c1cc(O)ccc1O. The predicted octanol–water partition coefficient (Wildman–Crippen LogP) is 1.33. The van der Waals surface area contributed by atoms with Gasteiger partial charge < -0.3 is 20.5 Å². The fourth-order valence-electron chi connectivity index (χ4n) is 1.19. The van der Waals surface area contributed by atoms with Gasteiger partial charge in [-0.25, -0.2) is 0 Å². The number of anilines is 1. The first-order valence-corrected chi connectivity index (χ1v) is 3.91. The zero-order valence-corrected chi connectivity index (χ0v) is 7.14. The maximum atomic E-state index is 9.50.